The number of imide groups is 1. The van der Waals surface area contributed by atoms with E-state index in [2.05, 4.69) is 10.3 Å². The molecule has 1 aliphatic carbocycles. The molecule has 0 bridgehead atoms. The first-order valence-corrected chi connectivity index (χ1v) is 9.97. The molecule has 2 aliphatic rings. The molecule has 1 saturated heterocycles. The van der Waals surface area contributed by atoms with Crippen LogP contribution >= 0.6 is 0 Å². The molecule has 2 aromatic rings. The van der Waals surface area contributed by atoms with Gasteiger partial charge in [-0.2, -0.15) is 0 Å². The largest absolute Gasteiger partial charge is 0.466 e. The summed E-state index contributed by atoms with van der Waals surface area (Å²) in [6.45, 7) is 0.605. The van der Waals surface area contributed by atoms with E-state index < -0.39 is 17.5 Å². The van der Waals surface area contributed by atoms with Crippen molar-refractivity contribution >= 4 is 28.9 Å². The molecule has 1 aromatic carbocycles. The molecular formula is C20H24N4O5. The van der Waals surface area contributed by atoms with Gasteiger partial charge in [-0.05, 0) is 31.4 Å². The lowest BCUT2D eigenvalue weighted by atomic mass is 9.98. The Kier molecular flexibility index (Phi) is 5.12. The number of nitrogens with one attached hydrogen (secondary N) is 2. The van der Waals surface area contributed by atoms with Crippen molar-refractivity contribution in [3.8, 4) is 0 Å². The van der Waals surface area contributed by atoms with Crippen LogP contribution in [0.2, 0.25) is 0 Å². The summed E-state index contributed by atoms with van der Waals surface area (Å²) >= 11 is 0. The van der Waals surface area contributed by atoms with Gasteiger partial charge in [0.05, 0.1) is 24.1 Å². The molecule has 2 N–H and O–H groups in total. The van der Waals surface area contributed by atoms with Gasteiger partial charge in [0.2, 0.25) is 0 Å². The number of amides is 3. The van der Waals surface area contributed by atoms with Crippen molar-refractivity contribution < 1.29 is 19.1 Å². The van der Waals surface area contributed by atoms with Gasteiger partial charge in [0.25, 0.3) is 5.91 Å². The molecule has 1 spiro atoms. The Labute approximate surface area is 167 Å². The molecule has 29 heavy (non-hydrogen) atoms. The average Bonchev–Trinajstić information content (AvgIpc) is 3.36. The van der Waals surface area contributed by atoms with Crippen molar-refractivity contribution in [1.82, 2.24) is 19.8 Å². The molecule has 1 saturated carbocycles. The van der Waals surface area contributed by atoms with E-state index in [0.29, 0.717) is 25.8 Å². The van der Waals surface area contributed by atoms with Crippen LogP contribution in [0.5, 0.6) is 0 Å². The van der Waals surface area contributed by atoms with Crippen LogP contribution in [0.25, 0.3) is 11.0 Å². The summed E-state index contributed by atoms with van der Waals surface area (Å²) in [7, 11) is 0. The van der Waals surface area contributed by atoms with Crippen molar-refractivity contribution in [3.05, 3.63) is 34.7 Å². The number of para-hydroxylation sites is 2. The Hall–Kier alpha value is -3.10. The average molecular weight is 400 g/mol. The summed E-state index contributed by atoms with van der Waals surface area (Å²) in [4.78, 5) is 52.5. The van der Waals surface area contributed by atoms with Crippen LogP contribution in [0, 0.1) is 0 Å². The highest BCUT2D eigenvalue weighted by atomic mass is 16.5. The predicted molar refractivity (Wildman–Crippen MR) is 104 cm³/mol. The molecule has 0 radical (unpaired) electrons. The molecule has 1 aromatic heterocycles. The zero-order valence-electron chi connectivity index (χ0n) is 16.1. The Morgan fingerprint density at radius 3 is 2.66 bits per heavy atom. The van der Waals surface area contributed by atoms with Gasteiger partial charge in [0.15, 0.2) is 0 Å². The Morgan fingerprint density at radius 2 is 1.86 bits per heavy atom. The van der Waals surface area contributed by atoms with E-state index in [0.717, 1.165) is 28.8 Å². The minimum Gasteiger partial charge on any atom is -0.466 e. The van der Waals surface area contributed by atoms with Crippen LogP contribution < -0.4 is 11.0 Å². The SMILES string of the molecule is O=C(CCN1C(=O)NC2(CCCC2)C1=O)OCCCn1c(=O)[nH]c2ccccc21. The number of fused-ring (bicyclic) bond motifs is 1. The third-order valence-electron chi connectivity index (χ3n) is 5.71. The number of nitrogens with zero attached hydrogens (tertiary/aromatic N) is 2. The van der Waals surface area contributed by atoms with E-state index in [4.69, 9.17) is 4.74 Å². The van der Waals surface area contributed by atoms with Crippen LogP contribution in [0.1, 0.15) is 38.5 Å². The van der Waals surface area contributed by atoms with E-state index in [1.54, 1.807) is 4.57 Å². The summed E-state index contributed by atoms with van der Waals surface area (Å²) in [5.41, 5.74) is 0.622. The number of esters is 1. The highest BCUT2D eigenvalue weighted by Crippen LogP contribution is 2.35. The van der Waals surface area contributed by atoms with Gasteiger partial charge in [0.1, 0.15) is 5.54 Å². The zero-order chi connectivity index (χ0) is 20.4. The second-order valence-corrected chi connectivity index (χ2v) is 7.60. The van der Waals surface area contributed by atoms with Crippen LogP contribution in [0.4, 0.5) is 4.79 Å². The third-order valence-corrected chi connectivity index (χ3v) is 5.71. The number of urea groups is 1. The first kappa shape index (κ1) is 19.2. The van der Waals surface area contributed by atoms with Crippen molar-refractivity contribution in [2.24, 2.45) is 0 Å². The number of benzene rings is 1. The number of hydrogen-bond donors (Lipinski definition) is 2. The summed E-state index contributed by atoms with van der Waals surface area (Å²) < 4.78 is 6.81. The van der Waals surface area contributed by atoms with E-state index in [1.165, 1.54) is 0 Å². The molecule has 154 valence electrons. The fourth-order valence-corrected chi connectivity index (χ4v) is 4.21. The van der Waals surface area contributed by atoms with Gasteiger partial charge >= 0.3 is 17.7 Å². The molecule has 4 rings (SSSR count). The van der Waals surface area contributed by atoms with Gasteiger partial charge in [0, 0.05) is 13.1 Å². The van der Waals surface area contributed by atoms with Crippen molar-refractivity contribution in [1.29, 1.82) is 0 Å². The normalized spacial score (nSPS) is 18.0. The fraction of sp³-hybridized carbons (Fsp3) is 0.500. The summed E-state index contributed by atoms with van der Waals surface area (Å²) in [6.07, 6.45) is 3.60. The summed E-state index contributed by atoms with van der Waals surface area (Å²) in [5, 5.41) is 2.79. The Morgan fingerprint density at radius 1 is 1.10 bits per heavy atom. The first-order valence-electron chi connectivity index (χ1n) is 9.97. The highest BCUT2D eigenvalue weighted by molar-refractivity contribution is 6.07. The molecule has 2 fully saturated rings. The standard InChI is InChI=1S/C20H24N4O5/c25-16(8-12-24-17(26)20(22-19(24)28)9-3-4-10-20)29-13-5-11-23-15-7-2-1-6-14(15)21-18(23)27/h1-2,6-7H,3-5,8-13H2,(H,21,27)(H,22,28). The number of carbonyl (C=O) groups excluding carboxylic acids is 3. The van der Waals surface area contributed by atoms with Gasteiger partial charge in [-0.3, -0.25) is 19.1 Å². The summed E-state index contributed by atoms with van der Waals surface area (Å²) in [6, 6.07) is 6.97. The second-order valence-electron chi connectivity index (χ2n) is 7.60. The second kappa shape index (κ2) is 7.73. The zero-order valence-corrected chi connectivity index (χ0v) is 16.1. The van der Waals surface area contributed by atoms with Crippen LogP contribution in [0.3, 0.4) is 0 Å². The van der Waals surface area contributed by atoms with E-state index in [9.17, 15) is 19.2 Å². The molecule has 2 heterocycles. The summed E-state index contributed by atoms with van der Waals surface area (Å²) in [5.74, 6) is -0.698. The minimum absolute atomic E-state index is 0.0210. The van der Waals surface area contributed by atoms with Gasteiger partial charge in [-0.15, -0.1) is 0 Å². The number of ether oxygens (including phenoxy) is 1. The number of hydrogen-bond acceptors (Lipinski definition) is 5. The number of H-pyrrole nitrogens is 1. The molecular weight excluding hydrogens is 376 g/mol. The van der Waals surface area contributed by atoms with Crippen molar-refractivity contribution in [2.75, 3.05) is 13.2 Å². The number of aromatic nitrogens is 2. The van der Waals surface area contributed by atoms with Crippen molar-refractivity contribution in [3.63, 3.8) is 0 Å². The van der Waals surface area contributed by atoms with Gasteiger partial charge in [-0.1, -0.05) is 25.0 Å². The molecule has 3 amide bonds. The maximum absolute atomic E-state index is 12.5. The first-order chi connectivity index (χ1) is 14.0. The Balaban J connectivity index is 1.23. The van der Waals surface area contributed by atoms with E-state index in [1.807, 2.05) is 24.3 Å². The molecule has 0 atom stereocenters. The van der Waals surface area contributed by atoms with Crippen LogP contribution in [-0.4, -0.2) is 51.0 Å². The van der Waals surface area contributed by atoms with Crippen LogP contribution in [-0.2, 0) is 20.9 Å². The molecule has 0 unspecified atom stereocenters. The molecule has 9 heteroatoms. The topological polar surface area (TPSA) is 114 Å². The minimum atomic E-state index is -0.756. The number of aryl methyl sites for hydroxylation is 1. The number of aromatic amines is 1. The molecule has 9 nitrogen and oxygen atoms in total. The predicted octanol–water partition coefficient (Wildman–Crippen LogP) is 1.52. The lowest BCUT2D eigenvalue weighted by molar-refractivity contribution is -0.144. The highest BCUT2D eigenvalue weighted by Gasteiger charge is 2.52. The lowest BCUT2D eigenvalue weighted by Gasteiger charge is -2.19. The third kappa shape index (κ3) is 3.64. The maximum atomic E-state index is 12.5. The Bertz CT molecular complexity index is 1000. The number of rotatable bonds is 7. The quantitative estimate of drug-likeness (QED) is 0.416. The lowest BCUT2D eigenvalue weighted by Crippen LogP contribution is -2.44. The maximum Gasteiger partial charge on any atom is 0.326 e. The smallest absolute Gasteiger partial charge is 0.326 e. The van der Waals surface area contributed by atoms with E-state index >= 15 is 0 Å². The van der Waals surface area contributed by atoms with Gasteiger partial charge < -0.3 is 15.0 Å². The van der Waals surface area contributed by atoms with Gasteiger partial charge in [-0.25, -0.2) is 9.59 Å². The van der Waals surface area contributed by atoms with E-state index in [-0.39, 0.29) is 31.2 Å². The number of imidazole rings is 1. The van der Waals surface area contributed by atoms with Crippen molar-refractivity contribution in [2.45, 2.75) is 50.6 Å². The monoisotopic (exact) mass is 400 g/mol. The molecule has 1 aliphatic heterocycles. The number of carbonyl (C=O) groups is 3. The van der Waals surface area contributed by atoms with Crippen LogP contribution in [0.15, 0.2) is 29.1 Å². The fourth-order valence-electron chi connectivity index (χ4n) is 4.21.